The molecule has 0 saturated carbocycles. The first kappa shape index (κ1) is 18.3. The number of para-hydroxylation sites is 1. The second-order valence-electron chi connectivity index (χ2n) is 8.70. The molecule has 4 heterocycles. The van der Waals surface area contributed by atoms with Crippen molar-refractivity contribution in [3.63, 3.8) is 0 Å². The number of amides is 2. The minimum absolute atomic E-state index is 0.117. The number of aryl methyl sites for hydroxylation is 1. The van der Waals surface area contributed by atoms with E-state index in [1.165, 1.54) is 0 Å². The first-order valence-corrected chi connectivity index (χ1v) is 10.6. The van der Waals surface area contributed by atoms with Crippen LogP contribution >= 0.6 is 0 Å². The Balaban J connectivity index is 1.25. The van der Waals surface area contributed by atoms with E-state index in [0.29, 0.717) is 59.8 Å². The molecule has 2 aromatic rings. The first-order valence-electron chi connectivity index (χ1n) is 10.6. The highest BCUT2D eigenvalue weighted by Gasteiger charge is 2.44. The van der Waals surface area contributed by atoms with Gasteiger partial charge >= 0.3 is 0 Å². The Morgan fingerprint density at radius 1 is 1.17 bits per heavy atom. The summed E-state index contributed by atoms with van der Waals surface area (Å²) in [5, 5.41) is 0.568. The molecule has 152 valence electrons. The molecule has 1 aromatic carbocycles. The number of aromatic nitrogens is 2. The molecular weight excluding hydrogens is 368 g/mol. The monoisotopic (exact) mass is 394 g/mol. The molecular formula is C22H26N4O3. The fraction of sp³-hybridized carbons (Fsp3) is 0.545. The number of hydrogen-bond donors (Lipinski definition) is 1. The number of aromatic amines is 1. The summed E-state index contributed by atoms with van der Waals surface area (Å²) < 4.78 is 0. The van der Waals surface area contributed by atoms with E-state index in [0.717, 1.165) is 38.9 Å². The fourth-order valence-electron chi connectivity index (χ4n) is 5.45. The Morgan fingerprint density at radius 2 is 2.03 bits per heavy atom. The third-order valence-electron chi connectivity index (χ3n) is 6.77. The minimum Gasteiger partial charge on any atom is -0.342 e. The number of hydrogen-bond acceptors (Lipinski definition) is 4. The maximum atomic E-state index is 12.9. The average molecular weight is 394 g/mol. The molecule has 7 heteroatoms. The molecule has 3 fully saturated rings. The maximum absolute atomic E-state index is 12.9. The highest BCUT2D eigenvalue weighted by Crippen LogP contribution is 2.38. The largest absolute Gasteiger partial charge is 0.342 e. The number of nitrogens with one attached hydrogen (secondary N) is 1. The van der Waals surface area contributed by atoms with Crippen molar-refractivity contribution < 1.29 is 9.59 Å². The summed E-state index contributed by atoms with van der Waals surface area (Å²) in [4.78, 5) is 48.8. The smallest absolute Gasteiger partial charge is 0.258 e. The molecule has 3 aliphatic heterocycles. The molecule has 29 heavy (non-hydrogen) atoms. The lowest BCUT2D eigenvalue weighted by molar-refractivity contribution is -0.148. The van der Waals surface area contributed by atoms with Gasteiger partial charge in [-0.05, 0) is 43.2 Å². The zero-order valence-electron chi connectivity index (χ0n) is 16.5. The second-order valence-corrected chi connectivity index (χ2v) is 8.70. The quantitative estimate of drug-likeness (QED) is 0.859. The van der Waals surface area contributed by atoms with Crippen molar-refractivity contribution in [3.8, 4) is 0 Å². The zero-order chi connectivity index (χ0) is 20.0. The van der Waals surface area contributed by atoms with E-state index in [4.69, 9.17) is 0 Å². The number of piperidine rings is 3. The highest BCUT2D eigenvalue weighted by molar-refractivity contribution is 5.79. The Labute approximate surface area is 169 Å². The van der Waals surface area contributed by atoms with Crippen LogP contribution in [0.5, 0.6) is 0 Å². The van der Waals surface area contributed by atoms with Crippen LogP contribution in [0.25, 0.3) is 10.9 Å². The van der Waals surface area contributed by atoms with Crippen molar-refractivity contribution in [2.75, 3.05) is 19.6 Å². The van der Waals surface area contributed by atoms with E-state index in [1.54, 1.807) is 6.07 Å². The van der Waals surface area contributed by atoms with Gasteiger partial charge in [-0.3, -0.25) is 14.4 Å². The second kappa shape index (κ2) is 7.28. The van der Waals surface area contributed by atoms with Gasteiger partial charge in [0.15, 0.2) is 0 Å². The molecule has 0 spiro atoms. The van der Waals surface area contributed by atoms with E-state index in [-0.39, 0.29) is 11.5 Å². The van der Waals surface area contributed by atoms with Gasteiger partial charge in [-0.15, -0.1) is 0 Å². The normalized spacial score (nSPS) is 26.5. The third kappa shape index (κ3) is 3.43. The standard InChI is InChI=1S/C22H26N4O3/c27-20(9-8-19-23-17-5-2-1-4-16(17)22(29)24-19)25-11-14-10-15(13-25)18-6-3-7-21(28)26(18)12-14/h1-2,4-5,14-15,18H,3,6-13H2,(H,23,24,29)/t14-,15-,18+/m1/s1. The molecule has 5 rings (SSSR count). The van der Waals surface area contributed by atoms with Gasteiger partial charge in [0.1, 0.15) is 5.82 Å². The summed E-state index contributed by atoms with van der Waals surface area (Å²) in [6.45, 7) is 2.27. The summed E-state index contributed by atoms with van der Waals surface area (Å²) in [6, 6.07) is 7.55. The number of nitrogens with zero attached hydrogens (tertiary/aromatic N) is 3. The summed E-state index contributed by atoms with van der Waals surface area (Å²) in [5.74, 6) is 1.75. The zero-order valence-corrected chi connectivity index (χ0v) is 16.5. The van der Waals surface area contributed by atoms with Crippen LogP contribution in [0.1, 0.15) is 37.9 Å². The van der Waals surface area contributed by atoms with Crippen LogP contribution in [-0.4, -0.2) is 57.3 Å². The topological polar surface area (TPSA) is 86.4 Å². The predicted molar refractivity (Wildman–Crippen MR) is 108 cm³/mol. The summed E-state index contributed by atoms with van der Waals surface area (Å²) in [5.41, 5.74) is 0.501. The fourth-order valence-corrected chi connectivity index (χ4v) is 5.45. The lowest BCUT2D eigenvalue weighted by Gasteiger charge is -2.52. The van der Waals surface area contributed by atoms with Gasteiger partial charge in [0.25, 0.3) is 5.56 Å². The summed E-state index contributed by atoms with van der Waals surface area (Å²) in [7, 11) is 0. The summed E-state index contributed by atoms with van der Waals surface area (Å²) in [6.07, 6.45) is 4.60. The van der Waals surface area contributed by atoms with Crippen LogP contribution in [-0.2, 0) is 16.0 Å². The van der Waals surface area contributed by atoms with Crippen LogP contribution in [0.3, 0.4) is 0 Å². The van der Waals surface area contributed by atoms with E-state index < -0.39 is 0 Å². The van der Waals surface area contributed by atoms with Crippen LogP contribution in [0.2, 0.25) is 0 Å². The van der Waals surface area contributed by atoms with Gasteiger partial charge < -0.3 is 14.8 Å². The van der Waals surface area contributed by atoms with E-state index in [2.05, 4.69) is 14.9 Å². The Hall–Kier alpha value is -2.70. The number of H-pyrrole nitrogens is 1. The van der Waals surface area contributed by atoms with Crippen molar-refractivity contribution in [1.29, 1.82) is 0 Å². The third-order valence-corrected chi connectivity index (χ3v) is 6.77. The number of carbonyl (C=O) groups excluding carboxylic acids is 2. The van der Waals surface area contributed by atoms with Crippen molar-refractivity contribution in [2.24, 2.45) is 11.8 Å². The Morgan fingerprint density at radius 3 is 2.93 bits per heavy atom. The van der Waals surface area contributed by atoms with Gasteiger partial charge in [-0.25, -0.2) is 4.98 Å². The Bertz CT molecular complexity index is 1020. The van der Waals surface area contributed by atoms with Crippen molar-refractivity contribution in [1.82, 2.24) is 19.8 Å². The Kier molecular flexibility index (Phi) is 4.60. The summed E-state index contributed by atoms with van der Waals surface area (Å²) >= 11 is 0. The molecule has 1 N–H and O–H groups in total. The molecule has 0 unspecified atom stereocenters. The molecule has 3 atom stereocenters. The van der Waals surface area contributed by atoms with Crippen molar-refractivity contribution >= 4 is 22.7 Å². The van der Waals surface area contributed by atoms with Gasteiger partial charge in [0.05, 0.1) is 10.9 Å². The van der Waals surface area contributed by atoms with Gasteiger partial charge in [0.2, 0.25) is 11.8 Å². The number of benzene rings is 1. The highest BCUT2D eigenvalue weighted by atomic mass is 16.2. The molecule has 3 aliphatic rings. The molecule has 2 bridgehead atoms. The molecule has 0 radical (unpaired) electrons. The van der Waals surface area contributed by atoms with Crippen LogP contribution in [0, 0.1) is 11.8 Å². The van der Waals surface area contributed by atoms with Gasteiger partial charge in [-0.2, -0.15) is 0 Å². The van der Waals surface area contributed by atoms with Gasteiger partial charge in [-0.1, -0.05) is 12.1 Å². The maximum Gasteiger partial charge on any atom is 0.258 e. The molecule has 3 saturated heterocycles. The minimum atomic E-state index is -0.160. The number of likely N-dealkylation sites (tertiary alicyclic amines) is 1. The first-order chi connectivity index (χ1) is 14.1. The number of carbonyl (C=O) groups is 2. The van der Waals surface area contributed by atoms with E-state index in [9.17, 15) is 14.4 Å². The van der Waals surface area contributed by atoms with Crippen molar-refractivity contribution in [2.45, 2.75) is 44.6 Å². The average Bonchev–Trinajstić information content (AvgIpc) is 2.73. The number of rotatable bonds is 3. The molecule has 0 aliphatic carbocycles. The van der Waals surface area contributed by atoms with E-state index >= 15 is 0 Å². The molecule has 7 nitrogen and oxygen atoms in total. The molecule has 2 amide bonds. The lowest BCUT2D eigenvalue weighted by Crippen LogP contribution is -2.61. The van der Waals surface area contributed by atoms with Crippen LogP contribution in [0.15, 0.2) is 29.1 Å². The van der Waals surface area contributed by atoms with Crippen LogP contribution < -0.4 is 5.56 Å². The number of fused-ring (bicyclic) bond motifs is 5. The molecule has 1 aromatic heterocycles. The van der Waals surface area contributed by atoms with Crippen LogP contribution in [0.4, 0.5) is 0 Å². The predicted octanol–water partition coefficient (Wildman–Crippen LogP) is 1.72. The lowest BCUT2D eigenvalue weighted by atomic mass is 9.76. The van der Waals surface area contributed by atoms with Gasteiger partial charge in [0, 0.05) is 44.9 Å². The van der Waals surface area contributed by atoms with Crippen molar-refractivity contribution in [3.05, 3.63) is 40.4 Å². The SMILES string of the molecule is O=C(CCc1nc2ccccc2c(=O)[nH]1)N1C[C@H]2C[C@H](C1)[C@@H]1CCCC(=O)N1C2. The van der Waals surface area contributed by atoms with E-state index in [1.807, 2.05) is 23.1 Å².